The number of benzene rings is 1. The molecule has 2 rings (SSSR count). The number of aryl methyl sites for hydroxylation is 2. The lowest BCUT2D eigenvalue weighted by Gasteiger charge is -2.46. The SMILES string of the molecule is COC(=O)C1(N(C(C)=O)c2ccc(C)cc2C)CCN(C)CC1. The second-order valence-electron chi connectivity index (χ2n) is 6.47. The number of carbonyl (C=O) groups is 2. The molecular weight excluding hydrogens is 292 g/mol. The van der Waals surface area contributed by atoms with Gasteiger partial charge in [0.25, 0.3) is 0 Å². The monoisotopic (exact) mass is 318 g/mol. The maximum atomic E-state index is 12.7. The van der Waals surface area contributed by atoms with Crippen molar-refractivity contribution in [1.29, 1.82) is 0 Å². The molecule has 0 atom stereocenters. The highest BCUT2D eigenvalue weighted by atomic mass is 16.5. The topological polar surface area (TPSA) is 49.9 Å². The van der Waals surface area contributed by atoms with Gasteiger partial charge in [0.15, 0.2) is 0 Å². The fourth-order valence-corrected chi connectivity index (χ4v) is 3.46. The predicted molar refractivity (Wildman–Crippen MR) is 90.6 cm³/mol. The molecule has 0 aliphatic carbocycles. The summed E-state index contributed by atoms with van der Waals surface area (Å²) in [6, 6.07) is 5.93. The van der Waals surface area contributed by atoms with Gasteiger partial charge in [-0.1, -0.05) is 17.7 Å². The highest BCUT2D eigenvalue weighted by Crippen LogP contribution is 2.36. The minimum atomic E-state index is -0.924. The van der Waals surface area contributed by atoms with E-state index in [9.17, 15) is 9.59 Å². The lowest BCUT2D eigenvalue weighted by atomic mass is 9.84. The van der Waals surface area contributed by atoms with E-state index in [1.165, 1.54) is 14.0 Å². The number of nitrogens with zero attached hydrogens (tertiary/aromatic N) is 2. The summed E-state index contributed by atoms with van der Waals surface area (Å²) in [4.78, 5) is 29.0. The number of anilines is 1. The van der Waals surface area contributed by atoms with Crippen LogP contribution in [0.4, 0.5) is 5.69 Å². The number of hydrogen-bond donors (Lipinski definition) is 0. The van der Waals surface area contributed by atoms with Crippen LogP contribution in [0.2, 0.25) is 0 Å². The first kappa shape index (κ1) is 17.5. The smallest absolute Gasteiger partial charge is 0.332 e. The Hall–Kier alpha value is -1.88. The Morgan fingerprint density at radius 2 is 1.83 bits per heavy atom. The standard InChI is InChI=1S/C18H26N2O3/c1-13-6-7-16(14(2)12-13)20(15(3)21)18(17(22)23-5)8-10-19(4)11-9-18/h6-7,12H,8-11H2,1-5H3. The molecule has 23 heavy (non-hydrogen) atoms. The van der Waals surface area contributed by atoms with E-state index in [0.29, 0.717) is 12.8 Å². The van der Waals surface area contributed by atoms with Gasteiger partial charge < -0.3 is 9.64 Å². The zero-order valence-corrected chi connectivity index (χ0v) is 14.7. The predicted octanol–water partition coefficient (Wildman–Crippen LogP) is 2.29. The second kappa shape index (κ2) is 6.71. The molecule has 0 unspecified atom stereocenters. The van der Waals surface area contributed by atoms with Gasteiger partial charge in [-0.2, -0.15) is 0 Å². The Labute approximate surface area is 138 Å². The van der Waals surface area contributed by atoms with E-state index in [2.05, 4.69) is 4.90 Å². The maximum Gasteiger partial charge on any atom is 0.332 e. The molecule has 1 heterocycles. The molecule has 1 aromatic carbocycles. The number of rotatable bonds is 3. The van der Waals surface area contributed by atoms with Crippen LogP contribution in [0.25, 0.3) is 0 Å². The molecule has 5 heteroatoms. The summed E-state index contributed by atoms with van der Waals surface area (Å²) in [5.74, 6) is -0.465. The molecule has 5 nitrogen and oxygen atoms in total. The van der Waals surface area contributed by atoms with E-state index in [1.807, 2.05) is 39.1 Å². The molecule has 0 aromatic heterocycles. The minimum Gasteiger partial charge on any atom is -0.467 e. The van der Waals surface area contributed by atoms with E-state index in [-0.39, 0.29) is 11.9 Å². The fraction of sp³-hybridized carbons (Fsp3) is 0.556. The molecule has 0 N–H and O–H groups in total. The highest BCUT2D eigenvalue weighted by molar-refractivity contribution is 6.01. The highest BCUT2D eigenvalue weighted by Gasteiger charge is 2.49. The Balaban J connectivity index is 2.55. The number of ether oxygens (including phenoxy) is 1. The lowest BCUT2D eigenvalue weighted by Crippen LogP contribution is -2.62. The van der Waals surface area contributed by atoms with Crippen LogP contribution in [0, 0.1) is 13.8 Å². The van der Waals surface area contributed by atoms with E-state index in [4.69, 9.17) is 4.74 Å². The molecule has 1 aliphatic heterocycles. The zero-order chi connectivity index (χ0) is 17.2. The van der Waals surface area contributed by atoms with Gasteiger partial charge in [0, 0.05) is 25.7 Å². The van der Waals surface area contributed by atoms with Crippen molar-refractivity contribution in [2.45, 2.75) is 39.2 Å². The number of likely N-dealkylation sites (tertiary alicyclic amines) is 1. The lowest BCUT2D eigenvalue weighted by molar-refractivity contribution is -0.150. The first-order chi connectivity index (χ1) is 10.8. The summed E-state index contributed by atoms with van der Waals surface area (Å²) in [5, 5.41) is 0. The van der Waals surface area contributed by atoms with Gasteiger partial charge in [-0.3, -0.25) is 9.69 Å². The molecule has 0 bridgehead atoms. The third-order valence-corrected chi connectivity index (χ3v) is 4.72. The molecule has 1 amide bonds. The number of piperidine rings is 1. The second-order valence-corrected chi connectivity index (χ2v) is 6.47. The van der Waals surface area contributed by atoms with E-state index >= 15 is 0 Å². The van der Waals surface area contributed by atoms with Crippen LogP contribution in [-0.2, 0) is 14.3 Å². The quantitative estimate of drug-likeness (QED) is 0.803. The van der Waals surface area contributed by atoms with Gasteiger partial charge in [-0.15, -0.1) is 0 Å². The molecule has 126 valence electrons. The third kappa shape index (κ3) is 3.24. The normalized spacial score (nSPS) is 17.6. The Morgan fingerprint density at radius 3 is 2.30 bits per heavy atom. The fourth-order valence-electron chi connectivity index (χ4n) is 3.46. The van der Waals surface area contributed by atoms with Crippen molar-refractivity contribution in [1.82, 2.24) is 4.90 Å². The van der Waals surface area contributed by atoms with E-state index < -0.39 is 5.54 Å². The molecular formula is C18H26N2O3. The first-order valence-corrected chi connectivity index (χ1v) is 7.97. The molecule has 0 spiro atoms. The summed E-state index contributed by atoms with van der Waals surface area (Å²) in [7, 11) is 3.42. The van der Waals surface area contributed by atoms with Crippen LogP contribution < -0.4 is 4.90 Å². The number of amides is 1. The van der Waals surface area contributed by atoms with Crippen molar-refractivity contribution in [3.8, 4) is 0 Å². The third-order valence-electron chi connectivity index (χ3n) is 4.72. The average molecular weight is 318 g/mol. The Kier molecular flexibility index (Phi) is 5.09. The molecule has 0 saturated carbocycles. The van der Waals surface area contributed by atoms with Crippen molar-refractivity contribution in [3.05, 3.63) is 29.3 Å². The first-order valence-electron chi connectivity index (χ1n) is 7.97. The van der Waals surface area contributed by atoms with Crippen LogP contribution >= 0.6 is 0 Å². The summed E-state index contributed by atoms with van der Waals surface area (Å²) < 4.78 is 5.09. The van der Waals surface area contributed by atoms with Gasteiger partial charge in [0.05, 0.1) is 7.11 Å². The van der Waals surface area contributed by atoms with Crippen molar-refractivity contribution < 1.29 is 14.3 Å². The van der Waals surface area contributed by atoms with Crippen LogP contribution in [0.1, 0.15) is 30.9 Å². The van der Waals surface area contributed by atoms with E-state index in [1.54, 1.807) is 4.90 Å². The average Bonchev–Trinajstić information content (AvgIpc) is 2.50. The van der Waals surface area contributed by atoms with Gasteiger partial charge in [-0.05, 0) is 45.4 Å². The van der Waals surface area contributed by atoms with Crippen LogP contribution in [-0.4, -0.2) is 49.6 Å². The number of methoxy groups -OCH3 is 1. The Morgan fingerprint density at radius 1 is 1.22 bits per heavy atom. The van der Waals surface area contributed by atoms with E-state index in [0.717, 1.165) is 29.9 Å². The Bertz CT molecular complexity index is 604. The van der Waals surface area contributed by atoms with Crippen molar-refractivity contribution in [3.63, 3.8) is 0 Å². The van der Waals surface area contributed by atoms with Crippen LogP contribution in [0.3, 0.4) is 0 Å². The van der Waals surface area contributed by atoms with Gasteiger partial charge in [0.1, 0.15) is 5.54 Å². The van der Waals surface area contributed by atoms with Crippen molar-refractivity contribution in [2.75, 3.05) is 32.1 Å². The van der Waals surface area contributed by atoms with Crippen LogP contribution in [0.5, 0.6) is 0 Å². The molecule has 1 aromatic rings. The van der Waals surface area contributed by atoms with Gasteiger partial charge in [0.2, 0.25) is 5.91 Å². The summed E-state index contributed by atoms with van der Waals surface area (Å²) in [6.07, 6.45) is 1.14. The van der Waals surface area contributed by atoms with Gasteiger partial charge in [-0.25, -0.2) is 4.79 Å². The largest absolute Gasteiger partial charge is 0.467 e. The molecule has 1 fully saturated rings. The summed E-state index contributed by atoms with van der Waals surface area (Å²) in [5.41, 5.74) is 1.98. The minimum absolute atomic E-state index is 0.132. The van der Waals surface area contributed by atoms with Crippen LogP contribution in [0.15, 0.2) is 18.2 Å². The molecule has 1 saturated heterocycles. The van der Waals surface area contributed by atoms with Crippen molar-refractivity contribution >= 4 is 17.6 Å². The number of esters is 1. The summed E-state index contributed by atoms with van der Waals surface area (Å²) >= 11 is 0. The zero-order valence-electron chi connectivity index (χ0n) is 14.7. The van der Waals surface area contributed by atoms with Gasteiger partial charge >= 0.3 is 5.97 Å². The molecule has 1 aliphatic rings. The maximum absolute atomic E-state index is 12.7. The number of hydrogen-bond acceptors (Lipinski definition) is 4. The molecule has 0 radical (unpaired) electrons. The summed E-state index contributed by atoms with van der Waals surface area (Å²) in [6.45, 7) is 7.01. The van der Waals surface area contributed by atoms with Crippen molar-refractivity contribution in [2.24, 2.45) is 0 Å². The number of carbonyl (C=O) groups excluding carboxylic acids is 2.